The summed E-state index contributed by atoms with van der Waals surface area (Å²) in [4.78, 5) is 14.1. The molecule has 25 heavy (non-hydrogen) atoms. The van der Waals surface area contributed by atoms with Gasteiger partial charge in [-0.15, -0.1) is 0 Å². The lowest BCUT2D eigenvalue weighted by molar-refractivity contribution is 0.0585. The van der Waals surface area contributed by atoms with Gasteiger partial charge >= 0.3 is 0 Å². The molecule has 1 aliphatic rings. The lowest BCUT2D eigenvalue weighted by Gasteiger charge is -2.32. The monoisotopic (exact) mass is 369 g/mol. The van der Waals surface area contributed by atoms with Crippen molar-refractivity contribution in [3.63, 3.8) is 0 Å². The molecule has 0 radical (unpaired) electrons. The van der Waals surface area contributed by atoms with E-state index >= 15 is 0 Å². The molecule has 1 aliphatic heterocycles. The van der Waals surface area contributed by atoms with Gasteiger partial charge in [-0.1, -0.05) is 11.6 Å². The largest absolute Gasteiger partial charge is 0.490 e. The van der Waals surface area contributed by atoms with Crippen molar-refractivity contribution in [1.29, 1.82) is 0 Å². The molecule has 8 heteroatoms. The Balaban J connectivity index is 1.60. The third-order valence-electron chi connectivity index (χ3n) is 4.27. The first-order valence-corrected chi connectivity index (χ1v) is 8.35. The van der Waals surface area contributed by atoms with E-state index < -0.39 is 12.3 Å². The van der Waals surface area contributed by atoms with Gasteiger partial charge in [0.05, 0.1) is 11.8 Å². The van der Waals surface area contributed by atoms with Crippen LogP contribution in [0.5, 0.6) is 5.75 Å². The molecule has 0 unspecified atom stereocenters. The Kier molecular flexibility index (Phi) is 5.22. The second-order valence-corrected chi connectivity index (χ2v) is 6.37. The van der Waals surface area contributed by atoms with Crippen molar-refractivity contribution in [2.24, 2.45) is 7.05 Å². The van der Waals surface area contributed by atoms with Gasteiger partial charge in [0.15, 0.2) is 0 Å². The number of hydrogen-bond acceptors (Lipinski definition) is 3. The number of aromatic nitrogens is 2. The normalized spacial score (nSPS) is 15.6. The molecule has 0 atom stereocenters. The second-order valence-electron chi connectivity index (χ2n) is 5.93. The quantitative estimate of drug-likeness (QED) is 0.825. The van der Waals surface area contributed by atoms with Crippen LogP contribution >= 0.6 is 11.6 Å². The van der Waals surface area contributed by atoms with Crippen molar-refractivity contribution in [1.82, 2.24) is 14.7 Å². The molecule has 2 heterocycles. The fourth-order valence-electron chi connectivity index (χ4n) is 2.92. The Labute approximate surface area is 149 Å². The van der Waals surface area contributed by atoms with Gasteiger partial charge in [-0.25, -0.2) is 8.78 Å². The maximum atomic E-state index is 13.1. The molecular weight excluding hydrogens is 352 g/mol. The summed E-state index contributed by atoms with van der Waals surface area (Å²) in [7, 11) is 1.41. The van der Waals surface area contributed by atoms with E-state index in [0.717, 1.165) is 10.4 Å². The van der Waals surface area contributed by atoms with Gasteiger partial charge < -0.3 is 9.64 Å². The smallest absolute Gasteiger partial charge is 0.280 e. The standard InChI is InChI=1S/C17H18ClF2N3O2/c1-22-15(16(19)20)14(10-21-22)17(24)23-8-6-13(7-9-23)25-12-4-2-11(18)3-5-12/h2-5,10,13,16H,6-9H2,1H3. The van der Waals surface area contributed by atoms with Gasteiger partial charge in [0.1, 0.15) is 17.5 Å². The maximum absolute atomic E-state index is 13.1. The number of benzene rings is 1. The highest BCUT2D eigenvalue weighted by Crippen LogP contribution is 2.25. The zero-order valence-electron chi connectivity index (χ0n) is 13.7. The van der Waals surface area contributed by atoms with E-state index in [9.17, 15) is 13.6 Å². The molecule has 3 rings (SSSR count). The Morgan fingerprint density at radius 1 is 1.28 bits per heavy atom. The zero-order valence-corrected chi connectivity index (χ0v) is 14.4. The number of piperidine rings is 1. The van der Waals surface area contributed by atoms with Crippen LogP contribution in [0.1, 0.15) is 35.3 Å². The third-order valence-corrected chi connectivity index (χ3v) is 4.52. The summed E-state index contributed by atoms with van der Waals surface area (Å²) in [6, 6.07) is 7.10. The zero-order chi connectivity index (χ0) is 18.0. The summed E-state index contributed by atoms with van der Waals surface area (Å²) in [6.45, 7) is 0.906. The Bertz CT molecular complexity index is 741. The summed E-state index contributed by atoms with van der Waals surface area (Å²) in [6.07, 6.45) is -0.275. The predicted octanol–water partition coefficient (Wildman–Crippen LogP) is 3.69. The van der Waals surface area contributed by atoms with E-state index in [-0.39, 0.29) is 17.4 Å². The number of halogens is 3. The molecule has 0 aliphatic carbocycles. The van der Waals surface area contributed by atoms with E-state index in [4.69, 9.17) is 16.3 Å². The number of aryl methyl sites for hydroxylation is 1. The fraction of sp³-hybridized carbons (Fsp3) is 0.412. The van der Waals surface area contributed by atoms with Gasteiger partial charge in [-0.3, -0.25) is 9.48 Å². The van der Waals surface area contributed by atoms with Crippen molar-refractivity contribution in [2.75, 3.05) is 13.1 Å². The molecule has 1 saturated heterocycles. The summed E-state index contributed by atoms with van der Waals surface area (Å²) >= 11 is 5.84. The molecule has 1 aromatic carbocycles. The first-order chi connectivity index (χ1) is 12.0. The number of likely N-dealkylation sites (tertiary alicyclic amines) is 1. The molecule has 0 saturated carbocycles. The van der Waals surface area contributed by atoms with Crippen LogP contribution in [-0.4, -0.2) is 39.8 Å². The minimum absolute atomic E-state index is 0.0197. The third kappa shape index (κ3) is 3.92. The van der Waals surface area contributed by atoms with E-state index in [1.807, 2.05) is 0 Å². The number of nitrogens with zero attached hydrogens (tertiary/aromatic N) is 3. The van der Waals surface area contributed by atoms with E-state index in [1.165, 1.54) is 13.2 Å². The SMILES string of the molecule is Cn1ncc(C(=O)N2CCC(Oc3ccc(Cl)cc3)CC2)c1C(F)F. The Hall–Kier alpha value is -2.15. The van der Waals surface area contributed by atoms with Crippen molar-refractivity contribution >= 4 is 17.5 Å². The van der Waals surface area contributed by atoms with Gasteiger partial charge in [-0.05, 0) is 24.3 Å². The van der Waals surface area contributed by atoms with E-state index in [1.54, 1.807) is 29.2 Å². The highest BCUT2D eigenvalue weighted by molar-refractivity contribution is 6.30. The Morgan fingerprint density at radius 3 is 2.52 bits per heavy atom. The number of rotatable bonds is 4. The number of carbonyl (C=O) groups is 1. The van der Waals surface area contributed by atoms with Crippen LogP contribution in [-0.2, 0) is 7.05 Å². The first kappa shape index (κ1) is 17.7. The molecule has 134 valence electrons. The minimum atomic E-state index is -2.74. The van der Waals surface area contributed by atoms with E-state index in [0.29, 0.717) is 31.0 Å². The van der Waals surface area contributed by atoms with Crippen LogP contribution < -0.4 is 4.74 Å². The van der Waals surface area contributed by atoms with Gasteiger partial charge in [0, 0.05) is 38.0 Å². The topological polar surface area (TPSA) is 47.4 Å². The molecule has 0 N–H and O–H groups in total. The number of ether oxygens (including phenoxy) is 1. The Morgan fingerprint density at radius 2 is 1.92 bits per heavy atom. The van der Waals surface area contributed by atoms with Crippen LogP contribution in [0.2, 0.25) is 5.02 Å². The second kappa shape index (κ2) is 7.39. The molecule has 0 bridgehead atoms. The van der Waals surface area contributed by atoms with Crippen LogP contribution in [0.4, 0.5) is 8.78 Å². The van der Waals surface area contributed by atoms with Gasteiger partial charge in [0.2, 0.25) is 0 Å². The fourth-order valence-corrected chi connectivity index (χ4v) is 3.05. The summed E-state index contributed by atoms with van der Waals surface area (Å²) in [5.41, 5.74) is -0.376. The molecule has 1 aromatic heterocycles. The van der Waals surface area contributed by atoms with Crippen LogP contribution in [0, 0.1) is 0 Å². The molecule has 1 amide bonds. The van der Waals surface area contributed by atoms with E-state index in [2.05, 4.69) is 5.10 Å². The highest BCUT2D eigenvalue weighted by Gasteiger charge is 2.29. The number of carbonyl (C=O) groups excluding carboxylic acids is 1. The van der Waals surface area contributed by atoms with Crippen LogP contribution in [0.25, 0.3) is 0 Å². The van der Waals surface area contributed by atoms with Crippen molar-refractivity contribution in [3.05, 3.63) is 46.7 Å². The minimum Gasteiger partial charge on any atom is -0.490 e. The summed E-state index contributed by atoms with van der Waals surface area (Å²) in [5, 5.41) is 4.42. The predicted molar refractivity (Wildman–Crippen MR) is 89.2 cm³/mol. The summed E-state index contributed by atoms with van der Waals surface area (Å²) in [5.74, 6) is 0.315. The molecule has 0 spiro atoms. The van der Waals surface area contributed by atoms with Gasteiger partial charge in [0.25, 0.3) is 12.3 Å². The number of amides is 1. The lowest BCUT2D eigenvalue weighted by atomic mass is 10.1. The number of alkyl halides is 2. The molecule has 2 aromatic rings. The van der Waals surface area contributed by atoms with Crippen molar-refractivity contribution in [2.45, 2.75) is 25.4 Å². The molecular formula is C17H18ClF2N3O2. The van der Waals surface area contributed by atoms with Crippen molar-refractivity contribution < 1.29 is 18.3 Å². The highest BCUT2D eigenvalue weighted by atomic mass is 35.5. The maximum Gasteiger partial charge on any atom is 0.280 e. The van der Waals surface area contributed by atoms with Crippen molar-refractivity contribution in [3.8, 4) is 5.75 Å². The molecule has 5 nitrogen and oxygen atoms in total. The van der Waals surface area contributed by atoms with Gasteiger partial charge in [-0.2, -0.15) is 5.10 Å². The first-order valence-electron chi connectivity index (χ1n) is 7.97. The lowest BCUT2D eigenvalue weighted by Crippen LogP contribution is -2.42. The average molecular weight is 370 g/mol. The number of hydrogen-bond donors (Lipinski definition) is 0. The summed E-state index contributed by atoms with van der Waals surface area (Å²) < 4.78 is 33.2. The van der Waals surface area contributed by atoms with Crippen LogP contribution in [0.15, 0.2) is 30.5 Å². The molecule has 1 fully saturated rings. The average Bonchev–Trinajstić information content (AvgIpc) is 2.99. The van der Waals surface area contributed by atoms with Crippen LogP contribution in [0.3, 0.4) is 0 Å².